The molecule has 0 radical (unpaired) electrons. The molecule has 1 N–H and O–H groups in total. The van der Waals surface area contributed by atoms with Crippen LogP contribution in [0.15, 0.2) is 23.2 Å². The lowest BCUT2D eigenvalue weighted by Gasteiger charge is -2.08. The summed E-state index contributed by atoms with van der Waals surface area (Å²) >= 11 is 0. The zero-order chi connectivity index (χ0) is 12.1. The Morgan fingerprint density at radius 3 is 3.06 bits per heavy atom. The summed E-state index contributed by atoms with van der Waals surface area (Å²) in [6.07, 6.45) is 4.42. The monoisotopic (exact) mass is 235 g/mol. The molecule has 2 aromatic heterocycles. The van der Waals surface area contributed by atoms with Crippen molar-refractivity contribution in [2.75, 3.05) is 0 Å². The Hall–Kier alpha value is -1.69. The summed E-state index contributed by atoms with van der Waals surface area (Å²) in [6.45, 7) is 5.61. The van der Waals surface area contributed by atoms with Crippen molar-refractivity contribution in [3.8, 4) is 0 Å². The van der Waals surface area contributed by atoms with Crippen molar-refractivity contribution in [2.45, 2.75) is 39.4 Å². The van der Waals surface area contributed by atoms with Crippen LogP contribution in [0.3, 0.4) is 0 Å². The summed E-state index contributed by atoms with van der Waals surface area (Å²) in [5.41, 5.74) is 1.02. The molecule has 1 unspecified atom stereocenters. The molecule has 0 saturated carbocycles. The molecule has 0 bridgehead atoms. The van der Waals surface area contributed by atoms with E-state index in [2.05, 4.69) is 38.9 Å². The molecule has 0 spiro atoms. The van der Waals surface area contributed by atoms with Crippen molar-refractivity contribution in [1.82, 2.24) is 25.2 Å². The molecule has 0 aliphatic heterocycles. The highest BCUT2D eigenvalue weighted by Crippen LogP contribution is 2.08. The van der Waals surface area contributed by atoms with E-state index in [1.165, 1.54) is 6.39 Å². The van der Waals surface area contributed by atoms with Gasteiger partial charge in [-0.05, 0) is 19.4 Å². The fourth-order valence-electron chi connectivity index (χ4n) is 1.48. The number of hydrogen-bond donors (Lipinski definition) is 1. The molecule has 2 rings (SSSR count). The fourth-order valence-corrected chi connectivity index (χ4v) is 1.48. The molecule has 0 aromatic carbocycles. The lowest BCUT2D eigenvalue weighted by molar-refractivity contribution is 0.407. The number of nitrogens with one attached hydrogen (secondary N) is 1. The average Bonchev–Trinajstić information content (AvgIpc) is 2.99. The molecular weight excluding hydrogens is 218 g/mol. The van der Waals surface area contributed by atoms with Crippen LogP contribution < -0.4 is 5.32 Å². The largest absolute Gasteiger partial charge is 0.343 e. The van der Waals surface area contributed by atoms with E-state index in [0.717, 1.165) is 12.1 Å². The number of hydrogen-bond acceptors (Lipinski definition) is 5. The molecular formula is C11H17N5O. The highest BCUT2D eigenvalue weighted by molar-refractivity contribution is 4.99. The van der Waals surface area contributed by atoms with Gasteiger partial charge in [0.05, 0.1) is 12.2 Å². The van der Waals surface area contributed by atoms with Gasteiger partial charge in [0.15, 0.2) is 5.82 Å². The van der Waals surface area contributed by atoms with Gasteiger partial charge in [0.1, 0.15) is 0 Å². The third-order valence-corrected chi connectivity index (χ3v) is 2.70. The first-order valence-corrected chi connectivity index (χ1v) is 5.79. The van der Waals surface area contributed by atoms with Gasteiger partial charge < -0.3 is 9.84 Å². The highest BCUT2D eigenvalue weighted by atomic mass is 16.5. The van der Waals surface area contributed by atoms with Crippen LogP contribution in [-0.2, 0) is 13.1 Å². The van der Waals surface area contributed by atoms with E-state index >= 15 is 0 Å². The van der Waals surface area contributed by atoms with Gasteiger partial charge in [-0.2, -0.15) is 10.1 Å². The second-order valence-corrected chi connectivity index (χ2v) is 4.00. The van der Waals surface area contributed by atoms with Gasteiger partial charge in [-0.3, -0.25) is 4.68 Å². The molecule has 6 nitrogen and oxygen atoms in total. The summed E-state index contributed by atoms with van der Waals surface area (Å²) in [4.78, 5) is 3.93. The topological polar surface area (TPSA) is 68.8 Å². The van der Waals surface area contributed by atoms with Gasteiger partial charge in [0.25, 0.3) is 0 Å². The predicted molar refractivity (Wildman–Crippen MR) is 62.1 cm³/mol. The molecule has 0 saturated heterocycles. The van der Waals surface area contributed by atoms with Gasteiger partial charge in [-0.15, -0.1) is 0 Å². The second kappa shape index (κ2) is 5.58. The highest BCUT2D eigenvalue weighted by Gasteiger charge is 2.04. The molecule has 92 valence electrons. The third kappa shape index (κ3) is 3.13. The van der Waals surface area contributed by atoms with Gasteiger partial charge in [0.2, 0.25) is 6.39 Å². The lowest BCUT2D eigenvalue weighted by atomic mass is 10.3. The van der Waals surface area contributed by atoms with E-state index in [4.69, 9.17) is 0 Å². The molecule has 1 atom stereocenters. The van der Waals surface area contributed by atoms with Crippen LogP contribution >= 0.6 is 0 Å². The Bertz CT molecular complexity index is 436. The zero-order valence-electron chi connectivity index (χ0n) is 10.1. The minimum atomic E-state index is 0.445. The average molecular weight is 235 g/mol. The SMILES string of the molecule is CCC(C)n1ccc(CNCc2ncon2)n1. The summed E-state index contributed by atoms with van der Waals surface area (Å²) in [6, 6.07) is 2.47. The van der Waals surface area contributed by atoms with Crippen molar-refractivity contribution < 1.29 is 4.52 Å². The minimum Gasteiger partial charge on any atom is -0.343 e. The Kier molecular flexibility index (Phi) is 3.87. The Labute approximate surface area is 100 Å². The van der Waals surface area contributed by atoms with Crippen LogP contribution in [0.25, 0.3) is 0 Å². The number of nitrogens with zero attached hydrogens (tertiary/aromatic N) is 4. The number of aromatic nitrogens is 4. The lowest BCUT2D eigenvalue weighted by Crippen LogP contribution is -2.14. The Morgan fingerprint density at radius 1 is 1.47 bits per heavy atom. The maximum atomic E-state index is 4.65. The molecule has 2 heterocycles. The van der Waals surface area contributed by atoms with Crippen molar-refractivity contribution in [1.29, 1.82) is 0 Å². The van der Waals surface area contributed by atoms with Crippen molar-refractivity contribution >= 4 is 0 Å². The number of rotatable bonds is 6. The minimum absolute atomic E-state index is 0.445. The Balaban J connectivity index is 1.81. The fraction of sp³-hybridized carbons (Fsp3) is 0.545. The maximum absolute atomic E-state index is 4.65. The van der Waals surface area contributed by atoms with E-state index in [0.29, 0.717) is 25.0 Å². The molecule has 0 aliphatic carbocycles. The first-order chi connectivity index (χ1) is 8.29. The first-order valence-electron chi connectivity index (χ1n) is 5.79. The zero-order valence-corrected chi connectivity index (χ0v) is 10.1. The van der Waals surface area contributed by atoms with Crippen molar-refractivity contribution in [2.24, 2.45) is 0 Å². The first kappa shape index (κ1) is 11.8. The normalized spacial score (nSPS) is 12.8. The van der Waals surface area contributed by atoms with Crippen LogP contribution in [-0.4, -0.2) is 19.9 Å². The van der Waals surface area contributed by atoms with Gasteiger partial charge in [-0.25, -0.2) is 0 Å². The van der Waals surface area contributed by atoms with E-state index < -0.39 is 0 Å². The predicted octanol–water partition coefficient (Wildman–Crippen LogP) is 1.53. The summed E-state index contributed by atoms with van der Waals surface area (Å²) < 4.78 is 6.64. The van der Waals surface area contributed by atoms with E-state index in [-0.39, 0.29) is 0 Å². The molecule has 2 aromatic rings. The quantitative estimate of drug-likeness (QED) is 0.822. The van der Waals surface area contributed by atoms with E-state index in [1.807, 2.05) is 16.9 Å². The van der Waals surface area contributed by atoms with E-state index in [1.54, 1.807) is 0 Å². The second-order valence-electron chi connectivity index (χ2n) is 4.00. The molecule has 0 fully saturated rings. The van der Waals surface area contributed by atoms with Crippen LogP contribution in [0.5, 0.6) is 0 Å². The Morgan fingerprint density at radius 2 is 2.35 bits per heavy atom. The summed E-state index contributed by atoms with van der Waals surface area (Å²) in [5, 5.41) is 11.4. The smallest absolute Gasteiger partial charge is 0.213 e. The third-order valence-electron chi connectivity index (χ3n) is 2.70. The maximum Gasteiger partial charge on any atom is 0.213 e. The standard InChI is InChI=1S/C11H17N5O/c1-3-9(2)16-5-4-10(14-16)6-12-7-11-13-8-17-15-11/h4-5,8-9,12H,3,6-7H2,1-2H3. The molecule has 6 heteroatoms. The van der Waals surface area contributed by atoms with Gasteiger partial charge >= 0.3 is 0 Å². The van der Waals surface area contributed by atoms with E-state index in [9.17, 15) is 0 Å². The molecule has 17 heavy (non-hydrogen) atoms. The van der Waals surface area contributed by atoms with Crippen LogP contribution in [0, 0.1) is 0 Å². The molecule has 0 aliphatic rings. The van der Waals surface area contributed by atoms with Crippen LogP contribution in [0.2, 0.25) is 0 Å². The van der Waals surface area contributed by atoms with Gasteiger partial charge in [0, 0.05) is 18.8 Å². The van der Waals surface area contributed by atoms with Gasteiger partial charge in [-0.1, -0.05) is 12.1 Å². The van der Waals surface area contributed by atoms with Crippen LogP contribution in [0.4, 0.5) is 0 Å². The summed E-state index contributed by atoms with van der Waals surface area (Å²) in [7, 11) is 0. The summed E-state index contributed by atoms with van der Waals surface area (Å²) in [5.74, 6) is 0.659. The van der Waals surface area contributed by atoms with Crippen LogP contribution in [0.1, 0.15) is 37.8 Å². The molecule has 0 amide bonds. The van der Waals surface area contributed by atoms with Crippen molar-refractivity contribution in [3.05, 3.63) is 30.2 Å². The van der Waals surface area contributed by atoms with Crippen molar-refractivity contribution in [3.63, 3.8) is 0 Å².